The van der Waals surface area contributed by atoms with Crippen LogP contribution in [0, 0.1) is 0 Å². The van der Waals surface area contributed by atoms with Crippen molar-refractivity contribution in [3.05, 3.63) is 89.6 Å². The topological polar surface area (TPSA) is 46.9 Å². The zero-order valence-corrected chi connectivity index (χ0v) is 14.9. The van der Waals surface area contributed by atoms with Crippen LogP contribution >= 0.6 is 0 Å². The lowest BCUT2D eigenvalue weighted by Gasteiger charge is -2.11. The minimum absolute atomic E-state index is 0.104. The first-order valence-electron chi connectivity index (χ1n) is 9.26. The molecule has 1 aliphatic carbocycles. The third-order valence-electron chi connectivity index (χ3n) is 5.15. The average Bonchev–Trinajstić information content (AvgIpc) is 3.31. The van der Waals surface area contributed by atoms with Gasteiger partial charge < -0.3 is 5.32 Å². The highest BCUT2D eigenvalue weighted by Gasteiger charge is 2.24. The fourth-order valence-electron chi connectivity index (χ4n) is 3.79. The van der Waals surface area contributed by atoms with E-state index in [0.29, 0.717) is 5.56 Å². The molecule has 132 valence electrons. The molecule has 1 heterocycles. The van der Waals surface area contributed by atoms with Crippen LogP contribution in [0.25, 0.3) is 16.5 Å². The lowest BCUT2D eigenvalue weighted by molar-refractivity contribution is 0.102. The van der Waals surface area contributed by atoms with Crippen molar-refractivity contribution < 1.29 is 4.79 Å². The van der Waals surface area contributed by atoms with Crippen LogP contribution in [0.1, 0.15) is 28.0 Å². The Morgan fingerprint density at radius 2 is 1.67 bits per heavy atom. The molecule has 0 spiro atoms. The van der Waals surface area contributed by atoms with E-state index in [-0.39, 0.29) is 5.91 Å². The van der Waals surface area contributed by atoms with Crippen LogP contribution in [0.5, 0.6) is 0 Å². The Morgan fingerprint density at radius 1 is 0.889 bits per heavy atom. The normalized spacial score (nSPS) is 12.9. The van der Waals surface area contributed by atoms with E-state index in [9.17, 15) is 4.79 Å². The molecule has 0 aliphatic heterocycles. The van der Waals surface area contributed by atoms with Crippen LogP contribution in [0.3, 0.4) is 0 Å². The second kappa shape index (κ2) is 6.40. The molecule has 4 aromatic rings. The van der Waals surface area contributed by atoms with Gasteiger partial charge in [-0.3, -0.25) is 4.79 Å². The van der Waals surface area contributed by atoms with Crippen LogP contribution < -0.4 is 5.32 Å². The van der Waals surface area contributed by atoms with Gasteiger partial charge in [0.1, 0.15) is 5.82 Å². The number of para-hydroxylation sites is 1. The number of carbonyl (C=O) groups is 1. The Bertz CT molecular complexity index is 1140. The van der Waals surface area contributed by atoms with Crippen molar-refractivity contribution in [1.82, 2.24) is 9.78 Å². The van der Waals surface area contributed by atoms with Crippen LogP contribution in [0.15, 0.2) is 72.8 Å². The molecule has 0 fully saturated rings. The largest absolute Gasteiger partial charge is 0.306 e. The molecule has 5 rings (SSSR count). The summed E-state index contributed by atoms with van der Waals surface area (Å²) in [6, 6.07) is 23.8. The van der Waals surface area contributed by atoms with E-state index in [4.69, 9.17) is 5.10 Å². The second-order valence-corrected chi connectivity index (χ2v) is 6.89. The summed E-state index contributed by atoms with van der Waals surface area (Å²) in [5.41, 5.74) is 3.86. The summed E-state index contributed by atoms with van der Waals surface area (Å²) in [5, 5.41) is 10.1. The van der Waals surface area contributed by atoms with Crippen molar-refractivity contribution >= 4 is 22.5 Å². The lowest BCUT2D eigenvalue weighted by atomic mass is 10.1. The molecule has 0 unspecified atom stereocenters. The van der Waals surface area contributed by atoms with Crippen LogP contribution in [-0.2, 0) is 12.8 Å². The first-order chi connectivity index (χ1) is 13.3. The highest BCUT2D eigenvalue weighted by molar-refractivity contribution is 6.06. The molecule has 1 aromatic heterocycles. The number of anilines is 1. The number of rotatable bonds is 3. The molecule has 0 saturated carbocycles. The average molecular weight is 353 g/mol. The number of carbonyl (C=O) groups excluding carboxylic acids is 1. The van der Waals surface area contributed by atoms with Gasteiger partial charge in [0.2, 0.25) is 0 Å². The summed E-state index contributed by atoms with van der Waals surface area (Å²) in [5.74, 6) is 0.694. The number of hydrogen-bond donors (Lipinski definition) is 1. The summed E-state index contributed by atoms with van der Waals surface area (Å²) in [4.78, 5) is 13.0. The number of aryl methyl sites for hydroxylation is 1. The highest BCUT2D eigenvalue weighted by atomic mass is 16.1. The van der Waals surface area contributed by atoms with Gasteiger partial charge in [0, 0.05) is 11.1 Å². The summed E-state index contributed by atoms with van der Waals surface area (Å²) in [7, 11) is 0. The number of nitrogens with one attached hydrogen (secondary N) is 1. The Morgan fingerprint density at radius 3 is 2.52 bits per heavy atom. The van der Waals surface area contributed by atoms with Gasteiger partial charge in [0.25, 0.3) is 5.91 Å². The summed E-state index contributed by atoms with van der Waals surface area (Å²) >= 11 is 0. The molecule has 1 amide bonds. The lowest BCUT2D eigenvalue weighted by Crippen LogP contribution is -2.16. The molecule has 27 heavy (non-hydrogen) atoms. The zero-order chi connectivity index (χ0) is 18.2. The van der Waals surface area contributed by atoms with Crippen molar-refractivity contribution in [2.24, 2.45) is 0 Å². The number of hydrogen-bond acceptors (Lipinski definition) is 2. The summed E-state index contributed by atoms with van der Waals surface area (Å²) < 4.78 is 1.86. The molecule has 4 nitrogen and oxygen atoms in total. The van der Waals surface area contributed by atoms with Crippen molar-refractivity contribution in [2.75, 3.05) is 5.32 Å². The van der Waals surface area contributed by atoms with Gasteiger partial charge >= 0.3 is 0 Å². The van der Waals surface area contributed by atoms with Crippen molar-refractivity contribution in [1.29, 1.82) is 0 Å². The summed E-state index contributed by atoms with van der Waals surface area (Å²) in [6.45, 7) is 0. The summed E-state index contributed by atoms with van der Waals surface area (Å²) in [6.07, 6.45) is 3.01. The Kier molecular flexibility index (Phi) is 3.75. The highest BCUT2D eigenvalue weighted by Crippen LogP contribution is 2.31. The van der Waals surface area contributed by atoms with E-state index in [2.05, 4.69) is 5.32 Å². The number of nitrogens with zero attached hydrogens (tertiary/aromatic N) is 2. The maximum atomic E-state index is 13.0. The molecule has 4 heteroatoms. The van der Waals surface area contributed by atoms with E-state index in [1.54, 1.807) is 0 Å². The van der Waals surface area contributed by atoms with Gasteiger partial charge in [0.05, 0.1) is 11.4 Å². The maximum absolute atomic E-state index is 13.0. The van der Waals surface area contributed by atoms with Crippen molar-refractivity contribution in [3.63, 3.8) is 0 Å². The van der Waals surface area contributed by atoms with Crippen LogP contribution in [0.2, 0.25) is 0 Å². The molecular formula is C23H19N3O. The zero-order valence-electron chi connectivity index (χ0n) is 14.9. The second-order valence-electron chi connectivity index (χ2n) is 6.89. The van der Waals surface area contributed by atoms with Crippen LogP contribution in [-0.4, -0.2) is 15.7 Å². The smallest absolute Gasteiger partial charge is 0.256 e. The first kappa shape index (κ1) is 15.8. The molecular weight excluding hydrogens is 334 g/mol. The third kappa shape index (κ3) is 2.79. The van der Waals surface area contributed by atoms with Gasteiger partial charge in [0.15, 0.2) is 0 Å². The van der Waals surface area contributed by atoms with Crippen molar-refractivity contribution in [2.45, 2.75) is 19.3 Å². The van der Waals surface area contributed by atoms with Crippen molar-refractivity contribution in [3.8, 4) is 5.69 Å². The Labute approximate surface area is 157 Å². The molecule has 0 saturated heterocycles. The Balaban J connectivity index is 1.53. The molecule has 3 aromatic carbocycles. The predicted octanol–water partition coefficient (Wildman–Crippen LogP) is 4.77. The fourth-order valence-corrected chi connectivity index (χ4v) is 3.79. The molecule has 0 atom stereocenters. The number of aromatic nitrogens is 2. The Hall–Kier alpha value is -3.40. The number of benzene rings is 3. The molecule has 0 radical (unpaired) electrons. The molecule has 1 aliphatic rings. The van der Waals surface area contributed by atoms with Gasteiger partial charge in [-0.05, 0) is 54.3 Å². The quantitative estimate of drug-likeness (QED) is 0.577. The standard InChI is InChI=1S/C23H19N3O/c27-23(18-14-13-16-7-4-5-8-17(16)15-18)24-22-20-11-6-12-21(20)25-26(22)19-9-2-1-3-10-19/h1-5,7-10,13-15H,6,11-12H2,(H,24,27). The fraction of sp³-hybridized carbons (Fsp3) is 0.130. The third-order valence-corrected chi connectivity index (χ3v) is 5.15. The number of fused-ring (bicyclic) bond motifs is 2. The monoisotopic (exact) mass is 353 g/mol. The van der Waals surface area contributed by atoms with E-state index in [1.165, 1.54) is 0 Å². The minimum Gasteiger partial charge on any atom is -0.306 e. The van der Waals surface area contributed by atoms with Gasteiger partial charge in [-0.15, -0.1) is 0 Å². The van der Waals surface area contributed by atoms with Crippen LogP contribution in [0.4, 0.5) is 5.82 Å². The van der Waals surface area contributed by atoms with E-state index in [1.807, 2.05) is 77.5 Å². The van der Waals surface area contributed by atoms with Gasteiger partial charge in [-0.1, -0.05) is 48.5 Å². The van der Waals surface area contributed by atoms with E-state index < -0.39 is 0 Å². The van der Waals surface area contributed by atoms with Gasteiger partial charge in [-0.25, -0.2) is 4.68 Å². The molecule has 0 bridgehead atoms. The SMILES string of the molecule is O=C(Nc1c2c(nn1-c1ccccc1)CCC2)c1ccc2ccccc2c1. The number of amides is 1. The maximum Gasteiger partial charge on any atom is 0.256 e. The predicted molar refractivity (Wildman–Crippen MR) is 107 cm³/mol. The molecule has 1 N–H and O–H groups in total. The van der Waals surface area contributed by atoms with E-state index in [0.717, 1.165) is 52.8 Å². The van der Waals surface area contributed by atoms with E-state index >= 15 is 0 Å². The minimum atomic E-state index is -0.104. The van der Waals surface area contributed by atoms with Gasteiger partial charge in [-0.2, -0.15) is 5.10 Å². The first-order valence-corrected chi connectivity index (χ1v) is 9.26.